The molecule has 2 amide bonds. The highest BCUT2D eigenvalue weighted by Crippen LogP contribution is 2.64. The van der Waals surface area contributed by atoms with E-state index in [-0.39, 0.29) is 61.7 Å². The number of hydrogen-bond acceptors (Lipinski definition) is 9. The zero-order chi connectivity index (χ0) is 29.7. The zero-order valence-corrected chi connectivity index (χ0v) is 24.1. The number of aromatic hydroxyl groups is 2. The number of hydrogen-bond donors (Lipinski definition) is 2. The molecule has 0 aromatic heterocycles. The molecule has 3 aromatic rings. The lowest BCUT2D eigenvalue weighted by Gasteiger charge is -2.38. The van der Waals surface area contributed by atoms with Crippen molar-refractivity contribution in [2.24, 2.45) is 0 Å². The second kappa shape index (κ2) is 9.45. The zero-order valence-electron chi connectivity index (χ0n) is 19.6. The molecule has 10 nitrogen and oxygen atoms in total. The number of nitrogens with zero attached hydrogens (tertiary/aromatic N) is 1. The first-order valence-electron chi connectivity index (χ1n) is 11.2. The van der Waals surface area contributed by atoms with Gasteiger partial charge in [0.05, 0.1) is 42.3 Å². The summed E-state index contributed by atoms with van der Waals surface area (Å²) in [5.74, 6) is -5.54. The highest BCUT2D eigenvalue weighted by molar-refractivity contribution is 6.41. The van der Waals surface area contributed by atoms with Gasteiger partial charge < -0.3 is 24.5 Å². The summed E-state index contributed by atoms with van der Waals surface area (Å²) in [4.78, 5) is 55.7. The van der Waals surface area contributed by atoms with Gasteiger partial charge in [-0.25, -0.2) is 9.59 Å². The smallest absolute Gasteiger partial charge is 0.365 e. The maximum atomic E-state index is 13.4. The molecule has 0 aliphatic carbocycles. The number of halogens is 6. The predicted molar refractivity (Wildman–Crippen MR) is 145 cm³/mol. The van der Waals surface area contributed by atoms with E-state index < -0.39 is 61.5 Å². The molecule has 16 heteroatoms. The number of ether oxygens (including phenoxy) is 2. The van der Waals surface area contributed by atoms with E-state index in [0.29, 0.717) is 5.06 Å². The first-order chi connectivity index (χ1) is 19.3. The number of esters is 1. The van der Waals surface area contributed by atoms with Crippen molar-refractivity contribution in [1.29, 1.82) is 0 Å². The summed E-state index contributed by atoms with van der Waals surface area (Å²) in [7, 11) is 0. The minimum atomic E-state index is -2.17. The molecule has 0 saturated carbocycles. The van der Waals surface area contributed by atoms with E-state index in [4.69, 9.17) is 83.9 Å². The molecule has 1 fully saturated rings. The SMILES string of the molecule is O=C(ON1C(=O)CCC1=O)c1cc(Cl)c2c(c1Cl)C1(OC2=O)c2cc(Cl)c(O)c(Cl)c2Oc2c1cc(Cl)c(O)c2Cl. The van der Waals surface area contributed by atoms with Crippen LogP contribution in [0, 0.1) is 0 Å². The number of phenols is 2. The summed E-state index contributed by atoms with van der Waals surface area (Å²) in [6, 6.07) is 3.36. The van der Waals surface area contributed by atoms with Gasteiger partial charge in [0, 0.05) is 18.4 Å². The van der Waals surface area contributed by atoms with Gasteiger partial charge in [-0.3, -0.25) is 9.59 Å². The van der Waals surface area contributed by atoms with Crippen LogP contribution in [0.25, 0.3) is 0 Å². The van der Waals surface area contributed by atoms with Crippen molar-refractivity contribution in [3.05, 3.63) is 76.2 Å². The fourth-order valence-electron chi connectivity index (χ4n) is 4.87. The van der Waals surface area contributed by atoms with Gasteiger partial charge in [0.2, 0.25) is 0 Å². The molecule has 0 bridgehead atoms. The van der Waals surface area contributed by atoms with Gasteiger partial charge in [0.15, 0.2) is 28.6 Å². The van der Waals surface area contributed by atoms with E-state index in [0.717, 1.165) is 6.07 Å². The first-order valence-corrected chi connectivity index (χ1v) is 13.5. The maximum Gasteiger partial charge on any atom is 0.365 e. The van der Waals surface area contributed by atoms with Crippen molar-refractivity contribution in [2.75, 3.05) is 0 Å². The van der Waals surface area contributed by atoms with Crippen LogP contribution in [0.1, 0.15) is 50.2 Å². The lowest BCUT2D eigenvalue weighted by Crippen LogP contribution is -2.34. The fraction of sp³-hybridized carbons (Fsp3) is 0.120. The Hall–Kier alpha value is -3.12. The van der Waals surface area contributed by atoms with E-state index in [9.17, 15) is 29.4 Å². The largest absolute Gasteiger partial charge is 0.505 e. The number of imide groups is 1. The highest BCUT2D eigenvalue weighted by Gasteiger charge is 2.58. The molecule has 1 spiro atoms. The number of benzene rings is 3. The van der Waals surface area contributed by atoms with E-state index in [1.54, 1.807) is 0 Å². The number of carbonyl (C=O) groups excluding carboxylic acids is 4. The molecule has 0 radical (unpaired) electrons. The lowest BCUT2D eigenvalue weighted by molar-refractivity contribution is -0.172. The highest BCUT2D eigenvalue weighted by atomic mass is 35.5. The number of fused-ring (bicyclic) bond motifs is 6. The average molecular weight is 680 g/mol. The van der Waals surface area contributed by atoms with Crippen LogP contribution in [-0.2, 0) is 24.8 Å². The summed E-state index contributed by atoms with van der Waals surface area (Å²) in [5.41, 5.74) is -3.33. The molecule has 3 aliphatic rings. The molecule has 41 heavy (non-hydrogen) atoms. The molecule has 1 saturated heterocycles. The summed E-state index contributed by atoms with van der Waals surface area (Å²) in [6.07, 6.45) is -0.320. The molecule has 0 unspecified atom stereocenters. The quantitative estimate of drug-likeness (QED) is 0.221. The summed E-state index contributed by atoms with van der Waals surface area (Å²) >= 11 is 38.5. The molecule has 0 atom stereocenters. The van der Waals surface area contributed by atoms with Crippen LogP contribution < -0.4 is 4.74 Å². The Balaban J connectivity index is 1.68. The number of hydroxylamine groups is 2. The van der Waals surface area contributed by atoms with Crippen molar-refractivity contribution in [3.8, 4) is 23.0 Å². The second-order valence-electron chi connectivity index (χ2n) is 8.90. The van der Waals surface area contributed by atoms with E-state index in [1.165, 1.54) is 12.1 Å². The third-order valence-electron chi connectivity index (χ3n) is 6.68. The van der Waals surface area contributed by atoms with E-state index in [1.807, 2.05) is 0 Å². The standard InChI is InChI=1S/C25H9Cl6NO9/c26-9-3-6(23(37)41-32-12(33)1-2-13(32)34)16(29)15-14(9)24(38)40-25(15)7-4-10(27)19(35)17(30)21(7)39-22-8(25)5-11(28)20(36)18(22)31/h3-5,35-36H,1-2H2. The van der Waals surface area contributed by atoms with Gasteiger partial charge in [0.1, 0.15) is 10.0 Å². The maximum absolute atomic E-state index is 13.4. The summed E-state index contributed by atoms with van der Waals surface area (Å²) in [5, 5.41) is 19.0. The topological polar surface area (TPSA) is 140 Å². The Morgan fingerprint density at radius 2 is 1.32 bits per heavy atom. The number of amides is 2. The van der Waals surface area contributed by atoms with Crippen molar-refractivity contribution in [3.63, 3.8) is 0 Å². The molecule has 2 N–H and O–H groups in total. The predicted octanol–water partition coefficient (Wildman–Crippen LogP) is 6.81. The van der Waals surface area contributed by atoms with Crippen molar-refractivity contribution in [1.82, 2.24) is 5.06 Å². The van der Waals surface area contributed by atoms with Crippen LogP contribution in [-0.4, -0.2) is 39.0 Å². The van der Waals surface area contributed by atoms with Crippen LogP contribution in [0.15, 0.2) is 18.2 Å². The number of rotatable bonds is 2. The average Bonchev–Trinajstić information content (AvgIpc) is 3.41. The molecule has 3 aliphatic heterocycles. The van der Waals surface area contributed by atoms with Gasteiger partial charge in [-0.1, -0.05) is 69.6 Å². The van der Waals surface area contributed by atoms with Crippen molar-refractivity contribution < 1.29 is 43.7 Å². The molecular formula is C25H9Cl6NO9. The molecule has 210 valence electrons. The Labute approximate surface area is 258 Å². The Bertz CT molecular complexity index is 1730. The van der Waals surface area contributed by atoms with Crippen LogP contribution in [0.5, 0.6) is 23.0 Å². The van der Waals surface area contributed by atoms with Gasteiger partial charge >= 0.3 is 11.9 Å². The molecule has 6 rings (SSSR count). The van der Waals surface area contributed by atoms with Crippen LogP contribution in [0.4, 0.5) is 0 Å². The monoisotopic (exact) mass is 677 g/mol. The summed E-state index contributed by atoms with van der Waals surface area (Å²) in [6.45, 7) is 0. The fourth-order valence-corrected chi connectivity index (χ4v) is 6.50. The van der Waals surface area contributed by atoms with Crippen LogP contribution in [0.2, 0.25) is 30.1 Å². The second-order valence-corrected chi connectivity index (χ2v) is 11.3. The lowest BCUT2D eigenvalue weighted by atomic mass is 9.77. The third-order valence-corrected chi connectivity index (χ3v) is 8.65. The van der Waals surface area contributed by atoms with E-state index in [2.05, 4.69) is 0 Å². The molecule has 3 heterocycles. The first kappa shape index (κ1) is 28.0. The van der Waals surface area contributed by atoms with Gasteiger partial charge in [-0.05, 0) is 18.2 Å². The van der Waals surface area contributed by atoms with Crippen molar-refractivity contribution >= 4 is 93.4 Å². The van der Waals surface area contributed by atoms with Crippen molar-refractivity contribution in [2.45, 2.75) is 18.4 Å². The number of carbonyl (C=O) groups is 4. The van der Waals surface area contributed by atoms with Crippen LogP contribution in [0.3, 0.4) is 0 Å². The normalized spacial score (nSPS) is 16.3. The Morgan fingerprint density at radius 1 is 0.805 bits per heavy atom. The van der Waals surface area contributed by atoms with E-state index >= 15 is 0 Å². The number of phenolic OH excluding ortho intramolecular Hbond substituents is 2. The Morgan fingerprint density at radius 3 is 1.83 bits per heavy atom. The van der Waals surface area contributed by atoms with Gasteiger partial charge in [-0.2, -0.15) is 0 Å². The minimum absolute atomic E-state index is 0.0869. The van der Waals surface area contributed by atoms with Crippen LogP contribution >= 0.6 is 69.6 Å². The Kier molecular flexibility index (Phi) is 6.46. The van der Waals surface area contributed by atoms with Gasteiger partial charge in [0.25, 0.3) is 11.8 Å². The minimum Gasteiger partial charge on any atom is -0.505 e. The molecular weight excluding hydrogens is 671 g/mol. The third kappa shape index (κ3) is 3.78. The summed E-state index contributed by atoms with van der Waals surface area (Å²) < 4.78 is 11.8. The van der Waals surface area contributed by atoms with Gasteiger partial charge in [-0.15, -0.1) is 5.06 Å². The molecule has 3 aromatic carbocycles.